The van der Waals surface area contributed by atoms with Crippen LogP contribution in [0.4, 0.5) is 5.95 Å². The molecule has 26 heavy (non-hydrogen) atoms. The van der Waals surface area contributed by atoms with Gasteiger partial charge in [0.1, 0.15) is 0 Å². The molecule has 1 fully saturated rings. The first kappa shape index (κ1) is 18.0. The first-order chi connectivity index (χ1) is 12.6. The standard InChI is InChI=1S/C17H18N4O4S/c22-14(20-15(23)13-3-1-10-26-13)11-25-16(24)12-4-8-21(9-5-12)17-18-6-2-7-19-17/h1-3,6-7,10,12H,4-5,8-9,11H2,(H,20,22,23). The molecule has 1 N–H and O–H groups in total. The van der Waals surface area contributed by atoms with Crippen LogP contribution in [-0.4, -0.2) is 47.4 Å². The molecule has 9 heteroatoms. The van der Waals surface area contributed by atoms with Crippen LogP contribution in [0, 0.1) is 5.92 Å². The van der Waals surface area contributed by atoms with E-state index in [2.05, 4.69) is 15.3 Å². The molecule has 0 bridgehead atoms. The molecular weight excluding hydrogens is 356 g/mol. The van der Waals surface area contributed by atoms with Gasteiger partial charge in [0.05, 0.1) is 10.8 Å². The van der Waals surface area contributed by atoms with Crippen molar-refractivity contribution in [3.63, 3.8) is 0 Å². The number of imide groups is 1. The first-order valence-electron chi connectivity index (χ1n) is 8.20. The summed E-state index contributed by atoms with van der Waals surface area (Å²) in [6.45, 7) is 0.831. The summed E-state index contributed by atoms with van der Waals surface area (Å²) in [5, 5.41) is 3.94. The smallest absolute Gasteiger partial charge is 0.309 e. The molecule has 3 heterocycles. The molecule has 0 atom stereocenters. The Morgan fingerprint density at radius 1 is 1.19 bits per heavy atom. The molecule has 136 valence electrons. The highest BCUT2D eigenvalue weighted by Gasteiger charge is 2.27. The van der Waals surface area contributed by atoms with Crippen LogP contribution in [0.25, 0.3) is 0 Å². The minimum absolute atomic E-state index is 0.268. The van der Waals surface area contributed by atoms with E-state index in [9.17, 15) is 14.4 Å². The van der Waals surface area contributed by atoms with Gasteiger partial charge in [-0.3, -0.25) is 19.7 Å². The maximum atomic E-state index is 12.1. The number of nitrogens with one attached hydrogen (secondary N) is 1. The summed E-state index contributed by atoms with van der Waals surface area (Å²) in [4.78, 5) is 46.5. The lowest BCUT2D eigenvalue weighted by Gasteiger charge is -2.30. The number of piperidine rings is 1. The Kier molecular flexibility index (Phi) is 5.90. The largest absolute Gasteiger partial charge is 0.455 e. The Balaban J connectivity index is 1.40. The van der Waals surface area contributed by atoms with Crippen molar-refractivity contribution in [2.24, 2.45) is 5.92 Å². The second-order valence-corrected chi connectivity index (χ2v) is 6.72. The van der Waals surface area contributed by atoms with Crippen LogP contribution in [0.15, 0.2) is 36.0 Å². The van der Waals surface area contributed by atoms with Crippen LogP contribution in [0.1, 0.15) is 22.5 Å². The molecule has 8 nitrogen and oxygen atoms in total. The Morgan fingerprint density at radius 3 is 2.58 bits per heavy atom. The van der Waals surface area contributed by atoms with E-state index >= 15 is 0 Å². The molecule has 2 aromatic rings. The van der Waals surface area contributed by atoms with Crippen molar-refractivity contribution in [3.8, 4) is 0 Å². The normalized spacial score (nSPS) is 14.7. The lowest BCUT2D eigenvalue weighted by molar-refractivity contribution is -0.153. The van der Waals surface area contributed by atoms with Gasteiger partial charge in [0.2, 0.25) is 5.95 Å². The van der Waals surface area contributed by atoms with Crippen molar-refractivity contribution in [2.45, 2.75) is 12.8 Å². The summed E-state index contributed by atoms with van der Waals surface area (Å²) in [6.07, 6.45) is 4.57. The van der Waals surface area contributed by atoms with Crippen LogP contribution in [-0.2, 0) is 14.3 Å². The number of ether oxygens (including phenoxy) is 1. The lowest BCUT2D eigenvalue weighted by atomic mass is 9.97. The fourth-order valence-electron chi connectivity index (χ4n) is 2.66. The number of rotatable bonds is 5. The molecule has 0 spiro atoms. The van der Waals surface area contributed by atoms with Crippen molar-refractivity contribution < 1.29 is 19.1 Å². The van der Waals surface area contributed by atoms with Gasteiger partial charge in [-0.2, -0.15) is 0 Å². The summed E-state index contributed by atoms with van der Waals surface area (Å²) >= 11 is 1.23. The fourth-order valence-corrected chi connectivity index (χ4v) is 3.28. The Labute approximate surface area is 154 Å². The second kappa shape index (κ2) is 8.52. The molecule has 0 saturated carbocycles. The predicted octanol–water partition coefficient (Wildman–Crippen LogP) is 1.25. The molecule has 1 saturated heterocycles. The van der Waals surface area contributed by atoms with Crippen molar-refractivity contribution in [1.29, 1.82) is 0 Å². The maximum Gasteiger partial charge on any atom is 0.309 e. The van der Waals surface area contributed by atoms with Crippen LogP contribution < -0.4 is 10.2 Å². The number of aromatic nitrogens is 2. The Bertz CT molecular complexity index is 758. The summed E-state index contributed by atoms with van der Waals surface area (Å²) in [5.74, 6) is -1.16. The minimum atomic E-state index is -0.633. The van der Waals surface area contributed by atoms with Crippen molar-refractivity contribution in [3.05, 3.63) is 40.8 Å². The third kappa shape index (κ3) is 4.63. The van der Waals surface area contributed by atoms with Gasteiger partial charge in [-0.15, -0.1) is 11.3 Å². The van der Waals surface area contributed by atoms with Crippen molar-refractivity contribution >= 4 is 35.1 Å². The van der Waals surface area contributed by atoms with Crippen molar-refractivity contribution in [2.75, 3.05) is 24.6 Å². The number of anilines is 1. The summed E-state index contributed by atoms with van der Waals surface area (Å²) in [6, 6.07) is 5.09. The number of esters is 1. The van der Waals surface area contributed by atoms with E-state index in [1.54, 1.807) is 36.0 Å². The predicted molar refractivity (Wildman–Crippen MR) is 94.7 cm³/mol. The average molecular weight is 374 g/mol. The van der Waals surface area contributed by atoms with Gasteiger partial charge < -0.3 is 9.64 Å². The number of amides is 2. The zero-order valence-electron chi connectivity index (χ0n) is 14.0. The van der Waals surface area contributed by atoms with E-state index in [-0.39, 0.29) is 5.92 Å². The number of hydrogen-bond acceptors (Lipinski definition) is 8. The number of nitrogens with zero attached hydrogens (tertiary/aromatic N) is 3. The van der Waals surface area contributed by atoms with Gasteiger partial charge in [-0.1, -0.05) is 6.07 Å². The molecule has 0 aliphatic carbocycles. The number of hydrogen-bond donors (Lipinski definition) is 1. The molecule has 2 amide bonds. The summed E-state index contributed by atoms with van der Waals surface area (Å²) < 4.78 is 5.05. The third-order valence-electron chi connectivity index (χ3n) is 4.01. The van der Waals surface area contributed by atoms with Crippen LogP contribution in [0.5, 0.6) is 0 Å². The molecule has 0 unspecified atom stereocenters. The van der Waals surface area contributed by atoms with Gasteiger partial charge in [0.25, 0.3) is 11.8 Å². The number of thiophene rings is 1. The molecule has 3 rings (SSSR count). The quantitative estimate of drug-likeness (QED) is 0.786. The molecule has 2 aromatic heterocycles. The van der Waals surface area contributed by atoms with Crippen LogP contribution in [0.3, 0.4) is 0 Å². The average Bonchev–Trinajstić information content (AvgIpc) is 3.22. The maximum absolute atomic E-state index is 12.1. The van der Waals surface area contributed by atoms with E-state index in [0.717, 1.165) is 0 Å². The first-order valence-corrected chi connectivity index (χ1v) is 9.08. The van der Waals surface area contributed by atoms with Gasteiger partial charge in [-0.05, 0) is 30.4 Å². The molecule has 0 radical (unpaired) electrons. The fraction of sp³-hybridized carbons (Fsp3) is 0.353. The topological polar surface area (TPSA) is 101 Å². The Morgan fingerprint density at radius 2 is 1.92 bits per heavy atom. The van der Waals surface area contributed by atoms with Crippen molar-refractivity contribution in [1.82, 2.24) is 15.3 Å². The molecule has 0 aromatic carbocycles. The van der Waals surface area contributed by atoms with E-state index < -0.39 is 24.4 Å². The Hall–Kier alpha value is -2.81. The molecule has 1 aliphatic rings. The van der Waals surface area contributed by atoms with E-state index in [0.29, 0.717) is 36.8 Å². The zero-order chi connectivity index (χ0) is 18.4. The molecule has 1 aliphatic heterocycles. The highest BCUT2D eigenvalue weighted by atomic mass is 32.1. The lowest BCUT2D eigenvalue weighted by Crippen LogP contribution is -2.39. The summed E-state index contributed by atoms with van der Waals surface area (Å²) in [7, 11) is 0. The van der Waals surface area contributed by atoms with Gasteiger partial charge in [-0.25, -0.2) is 9.97 Å². The van der Waals surface area contributed by atoms with E-state index in [1.165, 1.54) is 11.3 Å². The SMILES string of the molecule is O=C(COC(=O)C1CCN(c2ncccn2)CC1)NC(=O)c1cccs1. The van der Waals surface area contributed by atoms with Gasteiger partial charge >= 0.3 is 5.97 Å². The number of carbonyl (C=O) groups is 3. The minimum Gasteiger partial charge on any atom is -0.455 e. The molecular formula is C17H18N4O4S. The van der Waals surface area contributed by atoms with Gasteiger partial charge in [0, 0.05) is 25.5 Å². The van der Waals surface area contributed by atoms with E-state index in [4.69, 9.17) is 4.74 Å². The monoisotopic (exact) mass is 374 g/mol. The third-order valence-corrected chi connectivity index (χ3v) is 4.88. The van der Waals surface area contributed by atoms with Crippen LogP contribution >= 0.6 is 11.3 Å². The highest BCUT2D eigenvalue weighted by molar-refractivity contribution is 7.12. The van der Waals surface area contributed by atoms with Gasteiger partial charge in [0.15, 0.2) is 6.61 Å². The zero-order valence-corrected chi connectivity index (χ0v) is 14.8. The summed E-state index contributed by atoms with van der Waals surface area (Å²) in [5.41, 5.74) is 0. The number of carbonyl (C=O) groups excluding carboxylic acids is 3. The van der Waals surface area contributed by atoms with Crippen LogP contribution in [0.2, 0.25) is 0 Å². The van der Waals surface area contributed by atoms with E-state index in [1.807, 2.05) is 4.90 Å². The second-order valence-electron chi connectivity index (χ2n) is 5.77. The highest BCUT2D eigenvalue weighted by Crippen LogP contribution is 2.21.